The van der Waals surface area contributed by atoms with Crippen molar-refractivity contribution in [3.63, 3.8) is 0 Å². The molecule has 0 radical (unpaired) electrons. The number of rotatable bonds is 6. The van der Waals surface area contributed by atoms with Gasteiger partial charge in [-0.25, -0.2) is 16.8 Å². The molecule has 35 heavy (non-hydrogen) atoms. The van der Waals surface area contributed by atoms with E-state index in [0.29, 0.717) is 33.6 Å². The Morgan fingerprint density at radius 2 is 0.943 bits per heavy atom. The van der Waals surface area contributed by atoms with Crippen LogP contribution in [0.2, 0.25) is 0 Å². The molecule has 1 aliphatic rings. The van der Waals surface area contributed by atoms with Crippen molar-refractivity contribution < 1.29 is 22.0 Å². The van der Waals surface area contributed by atoms with Crippen LogP contribution in [0, 0.1) is 0 Å². The van der Waals surface area contributed by atoms with Crippen LogP contribution in [0.3, 0.4) is 0 Å². The molecule has 0 aliphatic heterocycles. The molecule has 0 heterocycles. The Kier molecular flexibility index (Phi) is 5.54. The molecule has 0 bridgehead atoms. The van der Waals surface area contributed by atoms with E-state index in [2.05, 4.69) is 14.6 Å². The van der Waals surface area contributed by atoms with E-state index in [1.165, 1.54) is 24.3 Å². The Hall–Kier alpha value is -4.15. The zero-order valence-electron chi connectivity index (χ0n) is 18.1. The zero-order valence-corrected chi connectivity index (χ0v) is 19.7. The van der Waals surface area contributed by atoms with Crippen LogP contribution in [0.4, 0.5) is 11.4 Å². The molecule has 4 aromatic rings. The summed E-state index contributed by atoms with van der Waals surface area (Å²) in [6, 6.07) is 25.9. The van der Waals surface area contributed by atoms with Gasteiger partial charge in [-0.1, -0.05) is 53.7 Å². The number of oxime groups is 1. The lowest BCUT2D eigenvalue weighted by Crippen LogP contribution is -2.14. The third kappa shape index (κ3) is 4.25. The molecule has 176 valence electrons. The van der Waals surface area contributed by atoms with Crippen molar-refractivity contribution >= 4 is 37.1 Å². The summed E-state index contributed by atoms with van der Waals surface area (Å²) in [7, 11) is -7.82. The normalized spacial score (nSPS) is 12.5. The second-order valence-corrected chi connectivity index (χ2v) is 11.2. The van der Waals surface area contributed by atoms with Crippen LogP contribution in [0.5, 0.6) is 0 Å². The third-order valence-corrected chi connectivity index (χ3v) is 8.31. The molecule has 1 aliphatic carbocycles. The summed E-state index contributed by atoms with van der Waals surface area (Å²) in [6.45, 7) is 0. The lowest BCUT2D eigenvalue weighted by Gasteiger charge is -2.10. The molecule has 4 aromatic carbocycles. The van der Waals surface area contributed by atoms with Gasteiger partial charge in [0.1, 0.15) is 5.71 Å². The van der Waals surface area contributed by atoms with Gasteiger partial charge in [0.05, 0.1) is 9.79 Å². The highest BCUT2D eigenvalue weighted by Crippen LogP contribution is 2.39. The molecular formula is C25H19N3O5S2. The Morgan fingerprint density at radius 3 is 1.31 bits per heavy atom. The van der Waals surface area contributed by atoms with Gasteiger partial charge in [0.2, 0.25) is 0 Å². The third-order valence-electron chi connectivity index (χ3n) is 5.56. The van der Waals surface area contributed by atoms with Gasteiger partial charge in [0, 0.05) is 22.5 Å². The number of hydrogen-bond donors (Lipinski definition) is 3. The maximum atomic E-state index is 12.9. The molecule has 8 nitrogen and oxygen atoms in total. The highest BCUT2D eigenvalue weighted by Gasteiger charge is 2.29. The Labute approximate surface area is 202 Å². The highest BCUT2D eigenvalue weighted by atomic mass is 32.2. The lowest BCUT2D eigenvalue weighted by molar-refractivity contribution is 0.320. The Morgan fingerprint density at radius 1 is 0.543 bits per heavy atom. The first-order valence-electron chi connectivity index (χ1n) is 10.5. The quantitative estimate of drug-likeness (QED) is 0.232. The van der Waals surface area contributed by atoms with Crippen LogP contribution in [-0.2, 0) is 20.0 Å². The molecule has 0 atom stereocenters. The first-order chi connectivity index (χ1) is 16.8. The summed E-state index contributed by atoms with van der Waals surface area (Å²) in [5.74, 6) is 0. The maximum absolute atomic E-state index is 12.9. The van der Waals surface area contributed by atoms with Crippen molar-refractivity contribution in [2.75, 3.05) is 9.44 Å². The molecule has 5 rings (SSSR count). The van der Waals surface area contributed by atoms with E-state index < -0.39 is 20.0 Å². The van der Waals surface area contributed by atoms with Crippen LogP contribution in [0.15, 0.2) is 112 Å². The van der Waals surface area contributed by atoms with E-state index >= 15 is 0 Å². The first kappa shape index (κ1) is 22.6. The number of nitrogens with one attached hydrogen (secondary N) is 2. The maximum Gasteiger partial charge on any atom is 0.261 e. The van der Waals surface area contributed by atoms with Crippen molar-refractivity contribution in [1.29, 1.82) is 0 Å². The topological polar surface area (TPSA) is 125 Å². The first-order valence-corrected chi connectivity index (χ1v) is 13.4. The van der Waals surface area contributed by atoms with Gasteiger partial charge in [-0.15, -0.1) is 0 Å². The average molecular weight is 506 g/mol. The Bertz CT molecular complexity index is 1550. The second kappa shape index (κ2) is 8.57. The summed E-state index contributed by atoms with van der Waals surface area (Å²) in [5, 5.41) is 13.1. The van der Waals surface area contributed by atoms with Crippen LogP contribution >= 0.6 is 0 Å². The summed E-state index contributed by atoms with van der Waals surface area (Å²) >= 11 is 0. The Balaban J connectivity index is 1.51. The fourth-order valence-electron chi connectivity index (χ4n) is 3.94. The summed E-state index contributed by atoms with van der Waals surface area (Å²) in [4.78, 5) is -0.0414. The number of anilines is 2. The van der Waals surface area contributed by atoms with Gasteiger partial charge >= 0.3 is 0 Å². The van der Waals surface area contributed by atoms with Gasteiger partial charge in [0.15, 0.2) is 0 Å². The molecule has 0 saturated carbocycles. The molecule has 0 aromatic heterocycles. The number of nitrogens with zero attached hydrogens (tertiary/aromatic N) is 1. The van der Waals surface area contributed by atoms with Crippen LogP contribution < -0.4 is 9.44 Å². The number of fused-ring (bicyclic) bond motifs is 3. The van der Waals surface area contributed by atoms with E-state index in [9.17, 15) is 22.0 Å². The van der Waals surface area contributed by atoms with Crippen molar-refractivity contribution in [2.45, 2.75) is 9.79 Å². The van der Waals surface area contributed by atoms with Crippen molar-refractivity contribution in [3.8, 4) is 11.1 Å². The predicted octanol–water partition coefficient (Wildman–Crippen LogP) is 4.50. The molecule has 0 saturated heterocycles. The molecule has 0 spiro atoms. The number of hydrogen-bond acceptors (Lipinski definition) is 6. The van der Waals surface area contributed by atoms with Gasteiger partial charge in [-0.05, 0) is 59.7 Å². The lowest BCUT2D eigenvalue weighted by atomic mass is 10.1. The molecule has 0 unspecified atom stereocenters. The van der Waals surface area contributed by atoms with Gasteiger partial charge < -0.3 is 5.21 Å². The minimum atomic E-state index is -3.91. The SMILES string of the molecule is O=S(=O)(Nc1ccccc1)c1ccc2c(c1)C(=NO)c1cc(S(=O)(=O)Nc3ccccc3)ccc1-2. The van der Waals surface area contributed by atoms with Crippen molar-refractivity contribution in [1.82, 2.24) is 0 Å². The van der Waals surface area contributed by atoms with E-state index in [1.54, 1.807) is 72.8 Å². The molecule has 3 N–H and O–H groups in total. The fourth-order valence-corrected chi connectivity index (χ4v) is 6.10. The zero-order chi connectivity index (χ0) is 24.6. The average Bonchev–Trinajstić information content (AvgIpc) is 3.17. The number of sulfonamides is 2. The standard InChI is InChI=1S/C25H19N3O5S2/c29-26-25-23-15-19(34(30,31)27-17-7-3-1-4-8-17)11-13-21(23)22-14-12-20(16-24(22)25)35(32,33)28-18-9-5-2-6-10-18/h1-16,27-29H. The monoisotopic (exact) mass is 505 g/mol. The summed E-state index contributed by atoms with van der Waals surface area (Å²) < 4.78 is 56.7. The van der Waals surface area contributed by atoms with E-state index in [0.717, 1.165) is 0 Å². The van der Waals surface area contributed by atoms with E-state index in [1.807, 2.05) is 0 Å². The molecule has 10 heteroatoms. The number of benzene rings is 4. The van der Waals surface area contributed by atoms with Gasteiger partial charge in [0.25, 0.3) is 20.0 Å². The second-order valence-electron chi connectivity index (χ2n) is 7.81. The van der Waals surface area contributed by atoms with E-state index in [-0.39, 0.29) is 15.5 Å². The smallest absolute Gasteiger partial charge is 0.261 e. The fraction of sp³-hybridized carbons (Fsp3) is 0. The minimum Gasteiger partial charge on any atom is -0.410 e. The number of para-hydroxylation sites is 2. The van der Waals surface area contributed by atoms with Gasteiger partial charge in [-0.3, -0.25) is 9.44 Å². The van der Waals surface area contributed by atoms with Crippen LogP contribution in [0.1, 0.15) is 11.1 Å². The summed E-state index contributed by atoms with van der Waals surface area (Å²) in [6.07, 6.45) is 0. The highest BCUT2D eigenvalue weighted by molar-refractivity contribution is 7.93. The minimum absolute atomic E-state index is 0.0207. The predicted molar refractivity (Wildman–Crippen MR) is 134 cm³/mol. The van der Waals surface area contributed by atoms with Crippen LogP contribution in [-0.4, -0.2) is 27.8 Å². The van der Waals surface area contributed by atoms with E-state index in [4.69, 9.17) is 0 Å². The van der Waals surface area contributed by atoms with Crippen molar-refractivity contribution in [3.05, 3.63) is 108 Å². The summed E-state index contributed by atoms with van der Waals surface area (Å²) in [5.41, 5.74) is 2.93. The molecule has 0 amide bonds. The van der Waals surface area contributed by atoms with Crippen LogP contribution in [0.25, 0.3) is 11.1 Å². The molecular weight excluding hydrogens is 486 g/mol. The van der Waals surface area contributed by atoms with Gasteiger partial charge in [-0.2, -0.15) is 0 Å². The van der Waals surface area contributed by atoms with Crippen molar-refractivity contribution in [2.24, 2.45) is 5.16 Å². The largest absolute Gasteiger partial charge is 0.410 e. The molecule has 0 fully saturated rings.